The van der Waals surface area contributed by atoms with E-state index < -0.39 is 11.6 Å². The number of anilines is 1. The molecule has 19 heavy (non-hydrogen) atoms. The van der Waals surface area contributed by atoms with Crippen LogP contribution in [0.2, 0.25) is 5.02 Å². The fraction of sp³-hybridized carbons (Fsp3) is 0.250. The van der Waals surface area contributed by atoms with Crippen LogP contribution in [0.1, 0.15) is 11.4 Å². The van der Waals surface area contributed by atoms with Crippen molar-refractivity contribution in [3.05, 3.63) is 44.7 Å². The number of aromatic nitrogens is 2. The van der Waals surface area contributed by atoms with Crippen LogP contribution in [0.5, 0.6) is 0 Å². The highest BCUT2D eigenvalue weighted by atomic mass is 79.9. The molecule has 0 spiro atoms. The molecule has 2 aromatic rings. The lowest BCUT2D eigenvalue weighted by atomic mass is 10.3. The van der Waals surface area contributed by atoms with Crippen molar-refractivity contribution in [2.75, 3.05) is 5.32 Å². The van der Waals surface area contributed by atoms with Crippen molar-refractivity contribution in [2.45, 2.75) is 13.5 Å². The van der Waals surface area contributed by atoms with Gasteiger partial charge in [-0.3, -0.25) is 4.68 Å². The molecular weight excluding hydrogens is 340 g/mol. The van der Waals surface area contributed by atoms with E-state index in [2.05, 4.69) is 26.3 Å². The summed E-state index contributed by atoms with van der Waals surface area (Å²) in [5, 5.41) is 7.58. The van der Waals surface area contributed by atoms with E-state index in [1.54, 1.807) is 18.7 Å². The molecule has 7 heteroatoms. The molecule has 0 aliphatic carbocycles. The highest BCUT2D eigenvalue weighted by molar-refractivity contribution is 9.10. The second-order valence-corrected chi connectivity index (χ2v) is 5.30. The van der Waals surface area contributed by atoms with Crippen LogP contribution in [-0.2, 0) is 13.6 Å². The van der Waals surface area contributed by atoms with Crippen molar-refractivity contribution >= 4 is 33.2 Å². The van der Waals surface area contributed by atoms with E-state index in [-0.39, 0.29) is 12.2 Å². The minimum Gasteiger partial charge on any atom is -0.376 e. The minimum atomic E-state index is -0.665. The van der Waals surface area contributed by atoms with Crippen LogP contribution in [0.25, 0.3) is 0 Å². The standard InChI is InChI=1S/C12H11BrClF2N3/c1-6-11(14)10(19(2)18-6)5-17-12-8(13)3-7(15)4-9(12)16/h3-4,17H,5H2,1-2H3. The second kappa shape index (κ2) is 5.46. The Labute approximate surface area is 122 Å². The van der Waals surface area contributed by atoms with Gasteiger partial charge in [-0.15, -0.1) is 0 Å². The molecule has 102 valence electrons. The van der Waals surface area contributed by atoms with Crippen LogP contribution in [-0.4, -0.2) is 9.78 Å². The van der Waals surface area contributed by atoms with E-state index in [0.717, 1.165) is 11.8 Å². The minimum absolute atomic E-state index is 0.191. The lowest BCUT2D eigenvalue weighted by Crippen LogP contribution is -2.07. The van der Waals surface area contributed by atoms with Crippen molar-refractivity contribution in [1.82, 2.24) is 9.78 Å². The SMILES string of the molecule is Cc1nn(C)c(CNc2c(F)cc(F)cc2Br)c1Cl. The lowest BCUT2D eigenvalue weighted by Gasteiger charge is -2.10. The van der Waals surface area contributed by atoms with E-state index in [1.807, 2.05) is 0 Å². The van der Waals surface area contributed by atoms with Gasteiger partial charge in [-0.25, -0.2) is 8.78 Å². The maximum Gasteiger partial charge on any atom is 0.150 e. The molecular formula is C12H11BrClF2N3. The topological polar surface area (TPSA) is 29.9 Å². The molecule has 1 N–H and O–H groups in total. The fourth-order valence-electron chi connectivity index (χ4n) is 1.76. The second-order valence-electron chi connectivity index (χ2n) is 4.07. The van der Waals surface area contributed by atoms with Gasteiger partial charge in [-0.1, -0.05) is 11.6 Å². The van der Waals surface area contributed by atoms with Crippen LogP contribution in [0.4, 0.5) is 14.5 Å². The summed E-state index contributed by atoms with van der Waals surface area (Å²) < 4.78 is 28.5. The van der Waals surface area contributed by atoms with Gasteiger partial charge < -0.3 is 5.32 Å². The lowest BCUT2D eigenvalue weighted by molar-refractivity contribution is 0.583. The Kier molecular flexibility index (Phi) is 4.10. The van der Waals surface area contributed by atoms with Gasteiger partial charge in [0.2, 0.25) is 0 Å². The van der Waals surface area contributed by atoms with Crippen LogP contribution < -0.4 is 5.32 Å². The molecule has 1 heterocycles. The summed E-state index contributed by atoms with van der Waals surface area (Å²) in [6, 6.07) is 2.02. The molecule has 0 aliphatic heterocycles. The van der Waals surface area contributed by atoms with Crippen LogP contribution in [0.15, 0.2) is 16.6 Å². The third kappa shape index (κ3) is 2.90. The van der Waals surface area contributed by atoms with Gasteiger partial charge in [0.1, 0.15) is 11.6 Å². The van der Waals surface area contributed by atoms with Gasteiger partial charge in [-0.05, 0) is 28.9 Å². The molecule has 0 fully saturated rings. The number of hydrogen-bond acceptors (Lipinski definition) is 2. The molecule has 1 aromatic carbocycles. The van der Waals surface area contributed by atoms with E-state index in [1.165, 1.54) is 6.07 Å². The van der Waals surface area contributed by atoms with Gasteiger partial charge in [0.15, 0.2) is 0 Å². The maximum atomic E-state index is 13.6. The van der Waals surface area contributed by atoms with Gasteiger partial charge in [-0.2, -0.15) is 5.10 Å². The zero-order chi connectivity index (χ0) is 14.2. The Morgan fingerprint density at radius 1 is 1.42 bits per heavy atom. The van der Waals surface area contributed by atoms with Crippen LogP contribution >= 0.6 is 27.5 Å². The van der Waals surface area contributed by atoms with Gasteiger partial charge >= 0.3 is 0 Å². The van der Waals surface area contributed by atoms with Crippen molar-refractivity contribution in [3.63, 3.8) is 0 Å². The van der Waals surface area contributed by atoms with Crippen molar-refractivity contribution in [2.24, 2.45) is 7.05 Å². The Balaban J connectivity index is 2.24. The first-order valence-electron chi connectivity index (χ1n) is 5.46. The van der Waals surface area contributed by atoms with Crippen molar-refractivity contribution < 1.29 is 8.78 Å². The number of aryl methyl sites for hydroxylation is 2. The highest BCUT2D eigenvalue weighted by Crippen LogP contribution is 2.28. The first kappa shape index (κ1) is 14.3. The van der Waals surface area contributed by atoms with Gasteiger partial charge in [0.05, 0.1) is 28.6 Å². The van der Waals surface area contributed by atoms with E-state index in [0.29, 0.717) is 15.2 Å². The highest BCUT2D eigenvalue weighted by Gasteiger charge is 2.13. The summed E-state index contributed by atoms with van der Waals surface area (Å²) in [6.07, 6.45) is 0. The summed E-state index contributed by atoms with van der Waals surface area (Å²) in [5.41, 5.74) is 1.63. The Bertz CT molecular complexity index is 605. The quantitative estimate of drug-likeness (QED) is 0.905. The number of nitrogens with zero attached hydrogens (tertiary/aromatic N) is 2. The number of nitrogens with one attached hydrogen (secondary N) is 1. The molecule has 0 unspecified atom stereocenters. The third-order valence-corrected chi connectivity index (χ3v) is 3.82. The van der Waals surface area contributed by atoms with E-state index in [4.69, 9.17) is 11.6 Å². The number of halogens is 4. The number of rotatable bonds is 3. The van der Waals surface area contributed by atoms with Crippen LogP contribution in [0.3, 0.4) is 0 Å². The van der Waals surface area contributed by atoms with Gasteiger partial charge in [0.25, 0.3) is 0 Å². The number of hydrogen-bond donors (Lipinski definition) is 1. The first-order chi connectivity index (χ1) is 8.90. The predicted octanol–water partition coefficient (Wildman–Crippen LogP) is 4.03. The van der Waals surface area contributed by atoms with Crippen molar-refractivity contribution in [3.8, 4) is 0 Å². The van der Waals surface area contributed by atoms with Gasteiger partial charge in [0, 0.05) is 17.6 Å². The smallest absolute Gasteiger partial charge is 0.150 e. The maximum absolute atomic E-state index is 13.6. The zero-order valence-corrected chi connectivity index (χ0v) is 12.6. The molecule has 0 bridgehead atoms. The molecule has 0 atom stereocenters. The Morgan fingerprint density at radius 2 is 2.11 bits per heavy atom. The monoisotopic (exact) mass is 349 g/mol. The average Bonchev–Trinajstić information content (AvgIpc) is 2.53. The zero-order valence-electron chi connectivity index (χ0n) is 10.3. The Morgan fingerprint density at radius 3 is 2.63 bits per heavy atom. The Hall–Kier alpha value is -1.14. The number of benzene rings is 1. The molecule has 3 nitrogen and oxygen atoms in total. The summed E-state index contributed by atoms with van der Waals surface area (Å²) in [6.45, 7) is 2.08. The molecule has 0 radical (unpaired) electrons. The van der Waals surface area contributed by atoms with E-state index >= 15 is 0 Å². The molecule has 2 rings (SSSR count). The molecule has 0 aliphatic rings. The van der Waals surface area contributed by atoms with Crippen LogP contribution in [0, 0.1) is 18.6 Å². The summed E-state index contributed by atoms with van der Waals surface area (Å²) in [7, 11) is 1.76. The third-order valence-electron chi connectivity index (χ3n) is 2.70. The van der Waals surface area contributed by atoms with E-state index in [9.17, 15) is 8.78 Å². The average molecular weight is 351 g/mol. The summed E-state index contributed by atoms with van der Waals surface area (Å²) in [5.74, 6) is -1.30. The first-order valence-corrected chi connectivity index (χ1v) is 6.63. The molecule has 0 saturated heterocycles. The molecule has 1 aromatic heterocycles. The molecule has 0 amide bonds. The fourth-order valence-corrected chi connectivity index (χ4v) is 2.53. The predicted molar refractivity (Wildman–Crippen MR) is 74.3 cm³/mol. The summed E-state index contributed by atoms with van der Waals surface area (Å²) in [4.78, 5) is 0. The van der Waals surface area contributed by atoms with Crippen molar-refractivity contribution in [1.29, 1.82) is 0 Å². The summed E-state index contributed by atoms with van der Waals surface area (Å²) >= 11 is 9.21. The molecule has 0 saturated carbocycles. The largest absolute Gasteiger partial charge is 0.376 e. The normalized spacial score (nSPS) is 10.8.